The standard InChI is InChI=1S/C25H18ClN3O6/c1-15-4-2-6-18(10-15)28-24(31)20(23(30)27-25(28)32)12-16-8-9-22(21(26)13-16)35-14-17-5-3-7-19(11-17)29(33)34/h2-13H,14H2,1H3,(H,27,30,32)/b20-12+. The zero-order valence-corrected chi connectivity index (χ0v) is 19.1. The summed E-state index contributed by atoms with van der Waals surface area (Å²) < 4.78 is 5.67. The zero-order valence-electron chi connectivity index (χ0n) is 18.4. The van der Waals surface area contributed by atoms with E-state index in [1.54, 1.807) is 42.5 Å². The smallest absolute Gasteiger partial charge is 0.335 e. The van der Waals surface area contributed by atoms with Crippen LogP contribution < -0.4 is 15.0 Å². The van der Waals surface area contributed by atoms with Crippen molar-refractivity contribution in [2.45, 2.75) is 13.5 Å². The van der Waals surface area contributed by atoms with Crippen molar-refractivity contribution in [3.63, 3.8) is 0 Å². The van der Waals surface area contributed by atoms with Crippen LogP contribution in [0.15, 0.2) is 72.3 Å². The first-order valence-electron chi connectivity index (χ1n) is 10.4. The van der Waals surface area contributed by atoms with Gasteiger partial charge in [0.05, 0.1) is 15.6 Å². The van der Waals surface area contributed by atoms with Gasteiger partial charge in [0.15, 0.2) is 0 Å². The minimum absolute atomic E-state index is 0.0483. The number of anilines is 1. The Labute approximate surface area is 204 Å². The SMILES string of the molecule is Cc1cccc(N2C(=O)NC(=O)/C(=C\c3ccc(OCc4cccc([N+](=O)[O-])c4)c(Cl)c3)C2=O)c1. The largest absolute Gasteiger partial charge is 0.487 e. The second kappa shape index (κ2) is 9.78. The molecule has 0 aromatic heterocycles. The molecule has 0 radical (unpaired) electrons. The first kappa shape index (κ1) is 23.7. The van der Waals surface area contributed by atoms with Crippen molar-refractivity contribution in [2.24, 2.45) is 0 Å². The number of benzene rings is 3. The fourth-order valence-corrected chi connectivity index (χ4v) is 3.71. The third kappa shape index (κ3) is 5.20. The topological polar surface area (TPSA) is 119 Å². The fraction of sp³-hybridized carbons (Fsp3) is 0.0800. The average molecular weight is 492 g/mol. The summed E-state index contributed by atoms with van der Waals surface area (Å²) in [6, 6.07) is 16.7. The molecule has 1 aliphatic heterocycles. The molecule has 35 heavy (non-hydrogen) atoms. The zero-order chi connectivity index (χ0) is 25.1. The summed E-state index contributed by atoms with van der Waals surface area (Å²) in [6.45, 7) is 1.87. The number of hydrogen-bond donors (Lipinski definition) is 1. The van der Waals surface area contributed by atoms with E-state index >= 15 is 0 Å². The summed E-state index contributed by atoms with van der Waals surface area (Å²) >= 11 is 6.32. The number of hydrogen-bond acceptors (Lipinski definition) is 6. The van der Waals surface area contributed by atoms with Crippen LogP contribution in [0.4, 0.5) is 16.2 Å². The third-order valence-electron chi connectivity index (χ3n) is 5.14. The number of nitro benzene ring substituents is 1. The van der Waals surface area contributed by atoms with Gasteiger partial charge in [-0.15, -0.1) is 0 Å². The number of carbonyl (C=O) groups is 3. The Morgan fingerprint density at radius 3 is 2.54 bits per heavy atom. The van der Waals surface area contributed by atoms with Crippen LogP contribution in [0.1, 0.15) is 16.7 Å². The average Bonchev–Trinajstić information content (AvgIpc) is 2.81. The Morgan fingerprint density at radius 2 is 1.83 bits per heavy atom. The fourth-order valence-electron chi connectivity index (χ4n) is 3.47. The molecule has 1 N–H and O–H groups in total. The Balaban J connectivity index is 1.55. The molecule has 3 aromatic carbocycles. The minimum atomic E-state index is -0.828. The molecule has 1 saturated heterocycles. The lowest BCUT2D eigenvalue weighted by molar-refractivity contribution is -0.384. The molecule has 0 spiro atoms. The van der Waals surface area contributed by atoms with E-state index in [0.29, 0.717) is 22.6 Å². The van der Waals surface area contributed by atoms with Gasteiger partial charge in [-0.25, -0.2) is 9.69 Å². The van der Waals surface area contributed by atoms with E-state index in [1.165, 1.54) is 24.3 Å². The Morgan fingerprint density at radius 1 is 1.06 bits per heavy atom. The van der Waals surface area contributed by atoms with Crippen molar-refractivity contribution < 1.29 is 24.0 Å². The van der Waals surface area contributed by atoms with Gasteiger partial charge < -0.3 is 4.74 Å². The van der Waals surface area contributed by atoms with E-state index in [0.717, 1.165) is 10.5 Å². The van der Waals surface area contributed by atoms with Crippen LogP contribution >= 0.6 is 11.6 Å². The normalized spacial score (nSPS) is 14.7. The lowest BCUT2D eigenvalue weighted by atomic mass is 10.1. The predicted molar refractivity (Wildman–Crippen MR) is 129 cm³/mol. The van der Waals surface area contributed by atoms with Gasteiger partial charge in [-0.3, -0.25) is 25.0 Å². The highest BCUT2D eigenvalue weighted by molar-refractivity contribution is 6.39. The van der Waals surface area contributed by atoms with Crippen LogP contribution in [0.25, 0.3) is 6.08 Å². The number of ether oxygens (including phenoxy) is 1. The second-order valence-corrected chi connectivity index (χ2v) is 8.11. The van der Waals surface area contributed by atoms with Gasteiger partial charge >= 0.3 is 6.03 Å². The van der Waals surface area contributed by atoms with E-state index in [-0.39, 0.29) is 22.9 Å². The maximum atomic E-state index is 13.0. The number of rotatable bonds is 6. The monoisotopic (exact) mass is 491 g/mol. The van der Waals surface area contributed by atoms with Gasteiger partial charge in [-0.2, -0.15) is 0 Å². The Bertz CT molecular complexity index is 1400. The lowest BCUT2D eigenvalue weighted by Crippen LogP contribution is -2.54. The number of amides is 4. The van der Waals surface area contributed by atoms with E-state index in [2.05, 4.69) is 5.32 Å². The molecule has 176 valence electrons. The molecular formula is C25H18ClN3O6. The number of non-ortho nitro benzene ring substituents is 1. The van der Waals surface area contributed by atoms with E-state index in [9.17, 15) is 24.5 Å². The van der Waals surface area contributed by atoms with Gasteiger partial charge in [-0.05, 0) is 54.0 Å². The van der Waals surface area contributed by atoms with Crippen molar-refractivity contribution in [1.29, 1.82) is 0 Å². The number of aryl methyl sites for hydroxylation is 1. The first-order valence-corrected chi connectivity index (χ1v) is 10.7. The number of barbiturate groups is 1. The quantitative estimate of drug-likeness (QED) is 0.229. The Hall–Kier alpha value is -4.50. The third-order valence-corrected chi connectivity index (χ3v) is 5.44. The highest BCUT2D eigenvalue weighted by atomic mass is 35.5. The summed E-state index contributed by atoms with van der Waals surface area (Å²) in [6.07, 6.45) is 1.34. The number of halogens is 1. The van der Waals surface area contributed by atoms with Crippen molar-refractivity contribution in [3.8, 4) is 5.75 Å². The second-order valence-electron chi connectivity index (χ2n) is 7.70. The molecule has 0 bridgehead atoms. The molecule has 1 fully saturated rings. The van der Waals surface area contributed by atoms with E-state index < -0.39 is 22.8 Å². The Kier molecular flexibility index (Phi) is 6.61. The molecule has 0 aliphatic carbocycles. The number of nitrogens with zero attached hydrogens (tertiary/aromatic N) is 2. The molecule has 0 atom stereocenters. The highest BCUT2D eigenvalue weighted by Gasteiger charge is 2.36. The van der Waals surface area contributed by atoms with E-state index in [4.69, 9.17) is 16.3 Å². The molecule has 10 heteroatoms. The number of imide groups is 2. The maximum absolute atomic E-state index is 13.0. The molecule has 1 aliphatic rings. The number of nitro groups is 1. The highest BCUT2D eigenvalue weighted by Crippen LogP contribution is 2.29. The summed E-state index contributed by atoms with van der Waals surface area (Å²) in [5, 5.41) is 13.3. The summed E-state index contributed by atoms with van der Waals surface area (Å²) in [5.41, 5.74) is 1.94. The molecule has 1 heterocycles. The number of carbonyl (C=O) groups excluding carboxylic acids is 3. The van der Waals surface area contributed by atoms with Crippen LogP contribution in [-0.2, 0) is 16.2 Å². The van der Waals surface area contributed by atoms with E-state index in [1.807, 2.05) is 13.0 Å². The van der Waals surface area contributed by atoms with Crippen LogP contribution in [0.3, 0.4) is 0 Å². The maximum Gasteiger partial charge on any atom is 0.335 e. The molecule has 0 saturated carbocycles. The molecule has 0 unspecified atom stereocenters. The van der Waals surface area contributed by atoms with Gasteiger partial charge in [0.25, 0.3) is 17.5 Å². The van der Waals surface area contributed by atoms with Crippen LogP contribution in [0, 0.1) is 17.0 Å². The first-order chi connectivity index (χ1) is 16.7. The summed E-state index contributed by atoms with van der Waals surface area (Å²) in [7, 11) is 0. The van der Waals surface area contributed by atoms with Gasteiger partial charge in [-0.1, -0.05) is 41.9 Å². The molecule has 4 amide bonds. The lowest BCUT2D eigenvalue weighted by Gasteiger charge is -2.26. The van der Waals surface area contributed by atoms with Crippen molar-refractivity contribution in [3.05, 3.63) is 104 Å². The van der Waals surface area contributed by atoms with Crippen LogP contribution in [0.2, 0.25) is 5.02 Å². The molecule has 3 aromatic rings. The van der Waals surface area contributed by atoms with Gasteiger partial charge in [0.1, 0.15) is 17.9 Å². The molecule has 4 rings (SSSR count). The molecule has 9 nitrogen and oxygen atoms in total. The van der Waals surface area contributed by atoms with Gasteiger partial charge in [0, 0.05) is 12.1 Å². The van der Waals surface area contributed by atoms with Crippen LogP contribution in [0.5, 0.6) is 5.75 Å². The molecular weight excluding hydrogens is 474 g/mol. The predicted octanol–water partition coefficient (Wildman–Crippen LogP) is 4.80. The van der Waals surface area contributed by atoms with Gasteiger partial charge in [0.2, 0.25) is 0 Å². The summed E-state index contributed by atoms with van der Waals surface area (Å²) in [4.78, 5) is 49.1. The van der Waals surface area contributed by atoms with Crippen LogP contribution in [-0.4, -0.2) is 22.8 Å². The van der Waals surface area contributed by atoms with Crippen molar-refractivity contribution in [2.75, 3.05) is 4.90 Å². The number of urea groups is 1. The minimum Gasteiger partial charge on any atom is -0.487 e. The van der Waals surface area contributed by atoms with Crippen molar-refractivity contribution >= 4 is 46.9 Å². The summed E-state index contributed by atoms with van der Waals surface area (Å²) in [5.74, 6) is -1.26. The number of nitrogens with one attached hydrogen (secondary N) is 1. The van der Waals surface area contributed by atoms with Crippen molar-refractivity contribution in [1.82, 2.24) is 5.32 Å².